The molecule has 7 heteroatoms. The van der Waals surface area contributed by atoms with Gasteiger partial charge in [-0.2, -0.15) is 0 Å². The number of pyridine rings is 1. The summed E-state index contributed by atoms with van der Waals surface area (Å²) in [6.45, 7) is 3.27. The van der Waals surface area contributed by atoms with Crippen LogP contribution in [0.5, 0.6) is 0 Å². The van der Waals surface area contributed by atoms with E-state index in [9.17, 15) is 14.0 Å². The highest BCUT2D eigenvalue weighted by Gasteiger charge is 2.34. The molecule has 3 aromatic rings. The summed E-state index contributed by atoms with van der Waals surface area (Å²) in [4.78, 5) is 33.1. The average molecular weight is 418 g/mol. The van der Waals surface area contributed by atoms with Gasteiger partial charge in [0, 0.05) is 42.9 Å². The maximum Gasteiger partial charge on any atom is 0.326 e. The topological polar surface area (TPSA) is 79.5 Å². The van der Waals surface area contributed by atoms with Gasteiger partial charge < -0.3 is 10.6 Å². The standard InChI is InChI=1S/C24H23FN4O2/c1-16(18-5-3-2-4-6-18)21-20(22(26)30)11-12-27-23(21)29-14-13-28(24(29)31)15-17-7-9-19(25)10-8-17/h2-12,16H,13-15H2,1H3,(H2,26,30). The molecule has 0 aliphatic carbocycles. The minimum absolute atomic E-state index is 0.189. The first-order chi connectivity index (χ1) is 15.0. The summed E-state index contributed by atoms with van der Waals surface area (Å²) in [5.74, 6) is -0.619. The molecule has 2 N–H and O–H groups in total. The van der Waals surface area contributed by atoms with E-state index < -0.39 is 5.91 Å². The lowest BCUT2D eigenvalue weighted by molar-refractivity contribution is 0.0999. The van der Waals surface area contributed by atoms with Gasteiger partial charge in [-0.25, -0.2) is 14.2 Å². The lowest BCUT2D eigenvalue weighted by Crippen LogP contribution is -2.33. The van der Waals surface area contributed by atoms with Crippen molar-refractivity contribution < 1.29 is 14.0 Å². The van der Waals surface area contributed by atoms with Crippen LogP contribution in [0.4, 0.5) is 15.0 Å². The molecule has 0 radical (unpaired) electrons. The molecule has 0 saturated carbocycles. The van der Waals surface area contributed by atoms with Crippen LogP contribution in [0.3, 0.4) is 0 Å². The molecule has 158 valence electrons. The van der Waals surface area contributed by atoms with Gasteiger partial charge in [0.25, 0.3) is 0 Å². The second-order valence-electron chi connectivity index (χ2n) is 7.57. The Morgan fingerprint density at radius 2 is 1.81 bits per heavy atom. The van der Waals surface area contributed by atoms with Crippen molar-refractivity contribution in [3.05, 3.63) is 94.9 Å². The lowest BCUT2D eigenvalue weighted by Gasteiger charge is -2.24. The Morgan fingerprint density at radius 1 is 1.10 bits per heavy atom. The van der Waals surface area contributed by atoms with E-state index in [4.69, 9.17) is 5.73 Å². The van der Waals surface area contributed by atoms with Crippen molar-refractivity contribution in [3.8, 4) is 0 Å². The van der Waals surface area contributed by atoms with Crippen LogP contribution in [-0.4, -0.2) is 34.9 Å². The molecule has 1 aliphatic heterocycles. The molecule has 2 aromatic carbocycles. The van der Waals surface area contributed by atoms with Gasteiger partial charge in [0.1, 0.15) is 11.6 Å². The van der Waals surface area contributed by atoms with Crippen molar-refractivity contribution in [2.75, 3.05) is 18.0 Å². The monoisotopic (exact) mass is 418 g/mol. The van der Waals surface area contributed by atoms with Crippen molar-refractivity contribution >= 4 is 17.8 Å². The molecule has 6 nitrogen and oxygen atoms in total. The number of nitrogens with zero attached hydrogens (tertiary/aromatic N) is 3. The first-order valence-electron chi connectivity index (χ1n) is 10.1. The number of anilines is 1. The molecule has 2 heterocycles. The average Bonchev–Trinajstić information content (AvgIpc) is 3.14. The van der Waals surface area contributed by atoms with E-state index in [1.54, 1.807) is 28.0 Å². The van der Waals surface area contributed by atoms with Crippen LogP contribution in [0.2, 0.25) is 0 Å². The first-order valence-corrected chi connectivity index (χ1v) is 10.1. The molecule has 1 atom stereocenters. The molecule has 0 bridgehead atoms. The highest BCUT2D eigenvalue weighted by Crippen LogP contribution is 2.35. The van der Waals surface area contributed by atoms with Crippen molar-refractivity contribution in [1.82, 2.24) is 9.88 Å². The fraction of sp³-hybridized carbons (Fsp3) is 0.208. The largest absolute Gasteiger partial charge is 0.366 e. The Labute approximate surface area is 180 Å². The molecule has 1 aliphatic rings. The van der Waals surface area contributed by atoms with Gasteiger partial charge in [-0.1, -0.05) is 49.4 Å². The van der Waals surface area contributed by atoms with E-state index in [1.807, 2.05) is 37.3 Å². The van der Waals surface area contributed by atoms with Gasteiger partial charge in [-0.05, 0) is 29.3 Å². The fourth-order valence-corrected chi connectivity index (χ4v) is 3.96. The maximum atomic E-state index is 13.2. The zero-order chi connectivity index (χ0) is 22.0. The number of nitrogens with two attached hydrogens (primary N) is 1. The van der Waals surface area contributed by atoms with Crippen molar-refractivity contribution in [1.29, 1.82) is 0 Å². The van der Waals surface area contributed by atoms with Crippen molar-refractivity contribution in [2.24, 2.45) is 5.73 Å². The van der Waals surface area contributed by atoms with Gasteiger partial charge in [0.2, 0.25) is 5.91 Å². The minimum atomic E-state index is -0.559. The van der Waals surface area contributed by atoms with Gasteiger partial charge in [0.15, 0.2) is 0 Å². The number of hydrogen-bond donors (Lipinski definition) is 1. The Kier molecular flexibility index (Phi) is 5.66. The van der Waals surface area contributed by atoms with Gasteiger partial charge in [-0.3, -0.25) is 9.69 Å². The van der Waals surface area contributed by atoms with E-state index in [2.05, 4.69) is 4.98 Å². The summed E-state index contributed by atoms with van der Waals surface area (Å²) < 4.78 is 13.2. The van der Waals surface area contributed by atoms with Crippen LogP contribution in [0.25, 0.3) is 0 Å². The number of aromatic nitrogens is 1. The van der Waals surface area contributed by atoms with Gasteiger partial charge in [-0.15, -0.1) is 0 Å². The Morgan fingerprint density at radius 3 is 2.48 bits per heavy atom. The molecular formula is C24H23FN4O2. The quantitative estimate of drug-likeness (QED) is 0.659. The second kappa shape index (κ2) is 8.55. The number of rotatable bonds is 6. The number of halogens is 1. The number of urea groups is 1. The Balaban J connectivity index is 1.68. The van der Waals surface area contributed by atoms with Crippen molar-refractivity contribution in [2.45, 2.75) is 19.4 Å². The van der Waals surface area contributed by atoms with E-state index in [1.165, 1.54) is 18.3 Å². The minimum Gasteiger partial charge on any atom is -0.366 e. The van der Waals surface area contributed by atoms with Crippen LogP contribution < -0.4 is 10.6 Å². The number of benzene rings is 2. The molecule has 3 amide bonds. The lowest BCUT2D eigenvalue weighted by atomic mass is 9.89. The third-order valence-electron chi connectivity index (χ3n) is 5.60. The summed E-state index contributed by atoms with van der Waals surface area (Å²) in [5, 5.41) is 0. The van der Waals surface area contributed by atoms with Crippen LogP contribution in [0, 0.1) is 5.82 Å². The molecular weight excluding hydrogens is 395 g/mol. The van der Waals surface area contributed by atoms with Crippen LogP contribution in [0.15, 0.2) is 66.9 Å². The number of amides is 3. The van der Waals surface area contributed by atoms with Gasteiger partial charge >= 0.3 is 6.03 Å². The summed E-state index contributed by atoms with van der Waals surface area (Å²) >= 11 is 0. The molecule has 1 unspecified atom stereocenters. The van der Waals surface area contributed by atoms with E-state index in [0.29, 0.717) is 36.6 Å². The van der Waals surface area contributed by atoms with Crippen LogP contribution >= 0.6 is 0 Å². The van der Waals surface area contributed by atoms with Crippen LogP contribution in [-0.2, 0) is 6.54 Å². The first kappa shape index (κ1) is 20.5. The smallest absolute Gasteiger partial charge is 0.326 e. The molecule has 31 heavy (non-hydrogen) atoms. The van der Waals surface area contributed by atoms with Crippen LogP contribution in [0.1, 0.15) is 39.9 Å². The molecule has 1 saturated heterocycles. The third kappa shape index (κ3) is 4.12. The van der Waals surface area contributed by atoms with E-state index >= 15 is 0 Å². The number of primary amides is 1. The van der Waals surface area contributed by atoms with Crippen molar-refractivity contribution in [3.63, 3.8) is 0 Å². The number of carbonyl (C=O) groups excluding carboxylic acids is 2. The number of carbonyl (C=O) groups is 2. The maximum absolute atomic E-state index is 13.2. The third-order valence-corrected chi connectivity index (χ3v) is 5.60. The Hall–Kier alpha value is -3.74. The normalized spacial score (nSPS) is 14.7. The molecule has 4 rings (SSSR count). The SMILES string of the molecule is CC(c1ccccc1)c1c(C(N)=O)ccnc1N1CCN(Cc2ccc(F)cc2)C1=O. The highest BCUT2D eigenvalue weighted by atomic mass is 19.1. The van der Waals surface area contributed by atoms with E-state index in [-0.39, 0.29) is 17.8 Å². The predicted molar refractivity (Wildman–Crippen MR) is 116 cm³/mol. The molecule has 0 spiro atoms. The highest BCUT2D eigenvalue weighted by molar-refractivity contribution is 5.99. The van der Waals surface area contributed by atoms with Gasteiger partial charge in [0.05, 0.1) is 0 Å². The molecule has 1 fully saturated rings. The van der Waals surface area contributed by atoms with E-state index in [0.717, 1.165) is 11.1 Å². The summed E-state index contributed by atoms with van der Waals surface area (Å²) in [7, 11) is 0. The second-order valence-corrected chi connectivity index (χ2v) is 7.57. The number of hydrogen-bond acceptors (Lipinski definition) is 3. The molecule has 1 aromatic heterocycles. The summed E-state index contributed by atoms with van der Waals surface area (Å²) in [6, 6.07) is 17.2. The predicted octanol–water partition coefficient (Wildman–Crippen LogP) is 3.91. The summed E-state index contributed by atoms with van der Waals surface area (Å²) in [5.41, 5.74) is 8.49. The summed E-state index contributed by atoms with van der Waals surface area (Å²) in [6.07, 6.45) is 1.51. The zero-order valence-electron chi connectivity index (χ0n) is 17.2. The zero-order valence-corrected chi connectivity index (χ0v) is 17.2. The fourth-order valence-electron chi connectivity index (χ4n) is 3.96. The Bertz CT molecular complexity index is 1100.